The first-order chi connectivity index (χ1) is 9.63. The average Bonchev–Trinajstić information content (AvgIpc) is 2.43. The molecule has 1 aromatic rings. The van der Waals surface area contributed by atoms with Crippen LogP contribution in [0.5, 0.6) is 5.75 Å². The second-order valence-electron chi connectivity index (χ2n) is 6.78. The van der Waals surface area contributed by atoms with E-state index in [1.54, 1.807) is 6.07 Å². The molecule has 0 spiro atoms. The Balaban J connectivity index is 1.93. The molecule has 1 aromatic carbocycles. The molecule has 1 saturated heterocycles. The van der Waals surface area contributed by atoms with Crippen molar-refractivity contribution >= 4 is 5.78 Å². The van der Waals surface area contributed by atoms with E-state index in [-0.39, 0.29) is 16.9 Å². The Morgan fingerprint density at radius 2 is 2.20 bits per heavy atom. The van der Waals surface area contributed by atoms with Crippen LogP contribution in [-0.4, -0.2) is 35.4 Å². The van der Waals surface area contributed by atoms with Gasteiger partial charge in [-0.2, -0.15) is 0 Å². The minimum absolute atomic E-state index is 0.136. The Labute approximate surface area is 119 Å². The fourth-order valence-electron chi connectivity index (χ4n) is 5.11. The number of benzene rings is 1. The monoisotopic (exact) mass is 271 g/mol. The van der Waals surface area contributed by atoms with Crippen molar-refractivity contribution in [2.45, 2.75) is 43.6 Å². The maximum absolute atomic E-state index is 12.5. The van der Waals surface area contributed by atoms with Crippen LogP contribution in [-0.2, 0) is 5.41 Å². The Bertz CT molecular complexity index is 582. The van der Waals surface area contributed by atoms with E-state index < -0.39 is 0 Å². The van der Waals surface area contributed by atoms with Gasteiger partial charge in [0.1, 0.15) is 5.75 Å². The van der Waals surface area contributed by atoms with Gasteiger partial charge in [-0.05, 0) is 50.4 Å². The third-order valence-corrected chi connectivity index (χ3v) is 6.04. The molecule has 3 heteroatoms. The highest BCUT2D eigenvalue weighted by Gasteiger charge is 2.55. The van der Waals surface area contributed by atoms with E-state index in [1.807, 2.05) is 6.07 Å². The lowest BCUT2D eigenvalue weighted by Gasteiger charge is -2.57. The average molecular weight is 271 g/mol. The van der Waals surface area contributed by atoms with Gasteiger partial charge in [-0.15, -0.1) is 0 Å². The molecular weight excluding hydrogens is 250 g/mol. The number of hydrogen-bond acceptors (Lipinski definition) is 3. The molecule has 1 saturated carbocycles. The standard InChI is InChI=1S/C17H21NO2/c1-18-9-8-17-7-3-5-13(18)12(17)10-15(20)16-11(17)4-2-6-14(16)19/h2,4,6,12-13,19H,3,5,7-10H2,1H3/t12-,13+,17+/m1/s1. The van der Waals surface area contributed by atoms with Crippen LogP contribution in [0.15, 0.2) is 18.2 Å². The molecule has 2 fully saturated rings. The molecule has 20 heavy (non-hydrogen) atoms. The van der Waals surface area contributed by atoms with Gasteiger partial charge in [0.05, 0.1) is 5.56 Å². The van der Waals surface area contributed by atoms with Crippen molar-refractivity contribution in [3.8, 4) is 5.75 Å². The fourth-order valence-corrected chi connectivity index (χ4v) is 5.11. The van der Waals surface area contributed by atoms with E-state index in [1.165, 1.54) is 19.3 Å². The molecule has 3 aliphatic rings. The van der Waals surface area contributed by atoms with Gasteiger partial charge in [0, 0.05) is 17.9 Å². The van der Waals surface area contributed by atoms with Crippen LogP contribution in [0.1, 0.15) is 48.0 Å². The topological polar surface area (TPSA) is 40.5 Å². The molecule has 2 aliphatic carbocycles. The number of piperidine rings is 1. The summed E-state index contributed by atoms with van der Waals surface area (Å²) >= 11 is 0. The lowest BCUT2D eigenvalue weighted by Crippen LogP contribution is -2.59. The highest BCUT2D eigenvalue weighted by molar-refractivity contribution is 6.02. The van der Waals surface area contributed by atoms with Gasteiger partial charge < -0.3 is 10.0 Å². The maximum atomic E-state index is 12.5. The third kappa shape index (κ3) is 1.42. The van der Waals surface area contributed by atoms with E-state index in [4.69, 9.17) is 0 Å². The number of phenolic OH excluding ortho intramolecular Hbond substituents is 1. The number of ketones is 1. The number of rotatable bonds is 0. The number of likely N-dealkylation sites (tertiary alicyclic amines) is 1. The highest BCUT2D eigenvalue weighted by Crippen LogP contribution is 2.56. The van der Waals surface area contributed by atoms with E-state index in [2.05, 4.69) is 18.0 Å². The number of nitrogens with zero attached hydrogens (tertiary/aromatic N) is 1. The van der Waals surface area contributed by atoms with Crippen molar-refractivity contribution < 1.29 is 9.90 Å². The van der Waals surface area contributed by atoms with Gasteiger partial charge in [-0.25, -0.2) is 0 Å². The van der Waals surface area contributed by atoms with Crippen LogP contribution < -0.4 is 0 Å². The van der Waals surface area contributed by atoms with E-state index in [9.17, 15) is 9.90 Å². The molecule has 0 unspecified atom stereocenters. The van der Waals surface area contributed by atoms with E-state index in [0.29, 0.717) is 23.9 Å². The van der Waals surface area contributed by atoms with Gasteiger partial charge in [0.25, 0.3) is 0 Å². The molecule has 1 heterocycles. The Kier molecular flexibility index (Phi) is 2.53. The van der Waals surface area contributed by atoms with Gasteiger partial charge in [0.2, 0.25) is 0 Å². The highest BCUT2D eigenvalue weighted by atomic mass is 16.3. The predicted octanol–water partition coefficient (Wildman–Crippen LogP) is 2.72. The molecule has 0 aromatic heterocycles. The molecule has 1 N–H and O–H groups in total. The third-order valence-electron chi connectivity index (χ3n) is 6.04. The predicted molar refractivity (Wildman–Crippen MR) is 77.1 cm³/mol. The minimum atomic E-state index is 0.136. The number of phenols is 1. The first-order valence-corrected chi connectivity index (χ1v) is 7.69. The van der Waals surface area contributed by atoms with E-state index >= 15 is 0 Å². The van der Waals surface area contributed by atoms with Gasteiger partial charge in [-0.3, -0.25) is 4.79 Å². The number of fused-ring (bicyclic) bond motifs is 1. The normalized spacial score (nSPS) is 36.4. The zero-order chi connectivity index (χ0) is 13.9. The largest absolute Gasteiger partial charge is 0.507 e. The summed E-state index contributed by atoms with van der Waals surface area (Å²) in [5, 5.41) is 10.1. The van der Waals surface area contributed by atoms with Gasteiger partial charge in [0.15, 0.2) is 5.78 Å². The molecule has 2 bridgehead atoms. The van der Waals surface area contributed by atoms with Crippen LogP contribution in [0.3, 0.4) is 0 Å². The van der Waals surface area contributed by atoms with Gasteiger partial charge >= 0.3 is 0 Å². The summed E-state index contributed by atoms with van der Waals surface area (Å²) in [6.07, 6.45) is 5.35. The van der Waals surface area contributed by atoms with Crippen LogP contribution >= 0.6 is 0 Å². The second kappa shape index (κ2) is 4.08. The maximum Gasteiger partial charge on any atom is 0.167 e. The van der Waals surface area contributed by atoms with Crippen molar-refractivity contribution in [1.29, 1.82) is 0 Å². The number of aromatic hydroxyl groups is 1. The Morgan fingerprint density at radius 3 is 3.05 bits per heavy atom. The zero-order valence-electron chi connectivity index (χ0n) is 11.9. The molecule has 0 radical (unpaired) electrons. The van der Waals surface area contributed by atoms with Crippen molar-refractivity contribution in [2.24, 2.45) is 5.92 Å². The van der Waals surface area contributed by atoms with Crippen molar-refractivity contribution in [3.63, 3.8) is 0 Å². The lowest BCUT2D eigenvalue weighted by atomic mass is 9.52. The molecule has 0 amide bonds. The van der Waals surface area contributed by atoms with Crippen molar-refractivity contribution in [2.75, 3.05) is 13.6 Å². The number of carbonyl (C=O) groups excluding carboxylic acids is 1. The number of carbonyl (C=O) groups is 1. The molecule has 3 nitrogen and oxygen atoms in total. The molecular formula is C17H21NO2. The summed E-state index contributed by atoms with van der Waals surface area (Å²) in [4.78, 5) is 15.0. The quantitative estimate of drug-likeness (QED) is 0.788. The Hall–Kier alpha value is -1.35. The Morgan fingerprint density at radius 1 is 1.35 bits per heavy atom. The zero-order valence-corrected chi connectivity index (χ0v) is 11.9. The van der Waals surface area contributed by atoms with Crippen LogP contribution in [0.4, 0.5) is 0 Å². The van der Waals surface area contributed by atoms with Crippen molar-refractivity contribution in [1.82, 2.24) is 4.90 Å². The van der Waals surface area contributed by atoms with Crippen LogP contribution in [0.25, 0.3) is 0 Å². The molecule has 3 atom stereocenters. The lowest BCUT2D eigenvalue weighted by molar-refractivity contribution is -0.00472. The minimum Gasteiger partial charge on any atom is -0.507 e. The fraction of sp³-hybridized carbons (Fsp3) is 0.588. The van der Waals surface area contributed by atoms with Crippen molar-refractivity contribution in [3.05, 3.63) is 29.3 Å². The second-order valence-corrected chi connectivity index (χ2v) is 6.78. The summed E-state index contributed by atoms with van der Waals surface area (Å²) in [6, 6.07) is 6.19. The number of hydrogen-bond donors (Lipinski definition) is 1. The summed E-state index contributed by atoms with van der Waals surface area (Å²) in [7, 11) is 2.20. The molecule has 1 aliphatic heterocycles. The van der Waals surface area contributed by atoms with E-state index in [0.717, 1.165) is 18.5 Å². The summed E-state index contributed by atoms with van der Waals surface area (Å²) < 4.78 is 0. The number of Topliss-reactive ketones (excluding diaryl/α,β-unsaturated/α-hetero) is 1. The first-order valence-electron chi connectivity index (χ1n) is 7.69. The molecule has 4 rings (SSSR count). The summed E-state index contributed by atoms with van der Waals surface area (Å²) in [5.41, 5.74) is 1.89. The SMILES string of the molecule is CN1CC[C@]23CCC[C@H]1[C@H]2CC(=O)c1c(O)cccc13. The summed E-state index contributed by atoms with van der Waals surface area (Å²) in [5.74, 6) is 0.763. The molecule has 106 valence electrons. The first kappa shape index (κ1) is 12.4. The van der Waals surface area contributed by atoms with Crippen LogP contribution in [0.2, 0.25) is 0 Å². The summed E-state index contributed by atoms with van der Waals surface area (Å²) in [6.45, 7) is 1.10. The van der Waals surface area contributed by atoms with Gasteiger partial charge in [-0.1, -0.05) is 18.6 Å². The van der Waals surface area contributed by atoms with Crippen LogP contribution in [0, 0.1) is 5.92 Å². The smallest absolute Gasteiger partial charge is 0.167 e.